The van der Waals surface area contributed by atoms with Crippen molar-refractivity contribution in [1.82, 2.24) is 131 Å². The van der Waals surface area contributed by atoms with Crippen molar-refractivity contribution in [2.45, 2.75) is 94.6 Å². The van der Waals surface area contributed by atoms with Gasteiger partial charge in [0.05, 0.1) is 100.0 Å². The molecule has 0 aromatic carbocycles. The van der Waals surface area contributed by atoms with Crippen LogP contribution < -0.4 is 53.2 Å². The van der Waals surface area contributed by atoms with Crippen LogP contribution in [0.1, 0.15) is 124 Å². The summed E-state index contributed by atoms with van der Waals surface area (Å²) in [4.78, 5) is 183. The summed E-state index contributed by atoms with van der Waals surface area (Å²) in [7, 11) is 1.82. The van der Waals surface area contributed by atoms with E-state index in [9.17, 15) is 33.6 Å². The van der Waals surface area contributed by atoms with Crippen molar-refractivity contribution in [1.29, 1.82) is 0 Å². The first-order valence-electron chi connectivity index (χ1n) is 45.0. The first-order valence-corrected chi connectivity index (χ1v) is 45.0. The molecular weight excluding hydrogens is 1780 g/mol. The molecular formula is C90H95N37O11. The van der Waals surface area contributed by atoms with Crippen molar-refractivity contribution in [2.75, 3.05) is 137 Å². The van der Waals surface area contributed by atoms with E-state index in [2.05, 4.69) is 104 Å². The van der Waals surface area contributed by atoms with Crippen LogP contribution in [0.25, 0.3) is 85.8 Å². The van der Waals surface area contributed by atoms with Crippen molar-refractivity contribution in [3.8, 4) is 57.6 Å². The monoisotopic (exact) mass is 1870 g/mol. The number of fused-ring (bicyclic) bond motifs is 6. The Bertz CT molecular complexity index is 7010. The van der Waals surface area contributed by atoms with Crippen LogP contribution >= 0.6 is 0 Å². The molecule has 2 unspecified atom stereocenters. The summed E-state index contributed by atoms with van der Waals surface area (Å²) >= 11 is 0. The smallest absolute Gasteiger partial charge is 0.268 e. The number of nitrogens with two attached hydrogens (primary N) is 5. The Morgan fingerprint density at radius 3 is 1.10 bits per heavy atom. The molecule has 0 bridgehead atoms. The molecule has 9 aliphatic rings. The summed E-state index contributed by atoms with van der Waals surface area (Å²) in [5.41, 5.74) is 34.0. The third-order valence-corrected chi connectivity index (χ3v) is 26.3. The van der Waals surface area contributed by atoms with Crippen LogP contribution in [0.5, 0.6) is 0 Å². The van der Waals surface area contributed by atoms with Gasteiger partial charge in [-0.15, -0.1) is 0 Å². The van der Waals surface area contributed by atoms with Gasteiger partial charge in [-0.25, -0.2) is 99.7 Å². The average molecular weight is 1870 g/mol. The molecule has 9 saturated heterocycles. The van der Waals surface area contributed by atoms with Gasteiger partial charge in [0.25, 0.3) is 29.5 Å². The number of imidazole rings is 5. The van der Waals surface area contributed by atoms with Crippen LogP contribution in [0.2, 0.25) is 0 Å². The molecule has 15 aromatic rings. The van der Waals surface area contributed by atoms with Gasteiger partial charge in [-0.2, -0.15) is 0 Å². The van der Waals surface area contributed by atoms with Gasteiger partial charge in [-0.05, 0) is 81.7 Å². The first-order chi connectivity index (χ1) is 66.9. The normalized spacial score (nSPS) is 18.3. The number of amides is 7. The number of nitrogens with zero attached hydrogens (tertiary/aromatic N) is 32. The Balaban J connectivity index is 0.000000106. The molecule has 138 heavy (non-hydrogen) atoms. The molecule has 3 spiro atoms. The lowest BCUT2D eigenvalue weighted by atomic mass is 9.79. The highest BCUT2D eigenvalue weighted by molar-refractivity contribution is 5.93. The van der Waals surface area contributed by atoms with E-state index >= 15 is 0 Å². The zero-order valence-corrected chi connectivity index (χ0v) is 75.2. The molecule has 2 atom stereocenters. The molecule has 48 heteroatoms. The van der Waals surface area contributed by atoms with Gasteiger partial charge in [-0.1, -0.05) is 0 Å². The summed E-state index contributed by atoms with van der Waals surface area (Å²) in [6, 6.07) is 9.79. The van der Waals surface area contributed by atoms with E-state index in [1.54, 1.807) is 120 Å². The van der Waals surface area contributed by atoms with Crippen LogP contribution in [0, 0.1) is 5.41 Å². The highest BCUT2D eigenvalue weighted by Crippen LogP contribution is 2.42. The van der Waals surface area contributed by atoms with E-state index in [4.69, 9.17) is 62.6 Å². The zero-order valence-electron chi connectivity index (χ0n) is 75.2. The molecule has 24 heterocycles. The van der Waals surface area contributed by atoms with Crippen LogP contribution in [0.15, 0.2) is 154 Å². The quantitative estimate of drug-likeness (QED) is 0.0928. The topological polar surface area (TPSA) is 589 Å². The number of hydrogen-bond donors (Lipinski definition) is 5. The second kappa shape index (κ2) is 37.5. The number of piperazine rings is 1. The molecule has 15 aromatic heterocycles. The van der Waals surface area contributed by atoms with E-state index in [-0.39, 0.29) is 63.4 Å². The SMILES string of the molecule is CC(=O)N(C)C1CCN(c2ccnc(-c3cnc4cnc(C(N)=O)cn34)n2)C1.NC(=O)c1cn2c(-c3nccc(N4CC(=O)N5CCCC5C4)n3)cnc2cn1.NC(=O)c1cn2c(-c3nccc(N4CC5(CCOC5)C4)n3)cnc2cn1.NC(=O)c1cn2c(-c3nccc(N4CCC5(CC4)OCCO5)n3)cnc2cn1.NC(=O)c1cn2c(-c3nccc(N4CCC5(CCCO5)CC4)n3)cnc2cn1. The van der Waals surface area contributed by atoms with E-state index in [0.29, 0.717) is 111 Å². The number of rotatable bonds is 16. The number of aromatic nitrogens is 25. The van der Waals surface area contributed by atoms with Crippen molar-refractivity contribution < 1.29 is 52.5 Å². The van der Waals surface area contributed by atoms with Gasteiger partial charge in [0.1, 0.15) is 86.0 Å². The molecule has 0 aliphatic carbocycles. The second-order valence-corrected chi connectivity index (χ2v) is 34.9. The Kier molecular flexibility index (Phi) is 24.3. The van der Waals surface area contributed by atoms with Crippen LogP contribution in [-0.2, 0) is 28.5 Å². The highest BCUT2D eigenvalue weighted by Gasteiger charge is 2.47. The highest BCUT2D eigenvalue weighted by atomic mass is 16.7. The van der Waals surface area contributed by atoms with Crippen molar-refractivity contribution >= 4 is 98.7 Å². The average Bonchev–Trinajstić information content (AvgIpc) is 1.49. The summed E-state index contributed by atoms with van der Waals surface area (Å²) in [6.07, 6.45) is 42.1. The molecule has 0 radical (unpaired) electrons. The maximum Gasteiger partial charge on any atom is 0.268 e. The van der Waals surface area contributed by atoms with Gasteiger partial charge in [0, 0.05) is 179 Å². The van der Waals surface area contributed by atoms with Gasteiger partial charge >= 0.3 is 0 Å². The van der Waals surface area contributed by atoms with Crippen molar-refractivity contribution in [3.63, 3.8) is 0 Å². The number of hydrogen-bond acceptors (Lipinski definition) is 36. The molecule has 0 saturated carbocycles. The first kappa shape index (κ1) is 89.5. The number of ether oxygens (including phenoxy) is 4. The summed E-state index contributed by atoms with van der Waals surface area (Å²) in [5.74, 6) is 3.36. The molecule has 48 nitrogen and oxygen atoms in total. The minimum absolute atomic E-state index is 0.0554. The van der Waals surface area contributed by atoms with Crippen LogP contribution in [0.4, 0.5) is 29.1 Å². The molecule has 9 aliphatic heterocycles. The van der Waals surface area contributed by atoms with Crippen LogP contribution in [0.3, 0.4) is 0 Å². The summed E-state index contributed by atoms with van der Waals surface area (Å²) in [6.45, 7) is 14.2. The minimum Gasteiger partial charge on any atom is -0.381 e. The Morgan fingerprint density at radius 2 is 0.746 bits per heavy atom. The number of likely N-dealkylation sites (N-methyl/N-ethyl adjacent to an activating group) is 1. The fraction of sp³-hybridized carbons (Fsp3) is 0.367. The maximum absolute atomic E-state index is 12.4. The zero-order chi connectivity index (χ0) is 95.1. The Morgan fingerprint density at radius 1 is 0.377 bits per heavy atom. The molecule has 7 amide bonds. The molecule has 24 rings (SSSR count). The molecule has 706 valence electrons. The fourth-order valence-corrected chi connectivity index (χ4v) is 18.8. The summed E-state index contributed by atoms with van der Waals surface area (Å²) < 4.78 is 31.7. The predicted molar refractivity (Wildman–Crippen MR) is 494 cm³/mol. The van der Waals surface area contributed by atoms with E-state index in [0.717, 1.165) is 173 Å². The third-order valence-electron chi connectivity index (χ3n) is 26.3. The number of anilines is 5. The Hall–Kier alpha value is -16.4. The number of primary amides is 5. The number of piperidine rings is 2. The largest absolute Gasteiger partial charge is 0.381 e. The van der Waals surface area contributed by atoms with E-state index in [1.807, 2.05) is 41.1 Å². The van der Waals surface area contributed by atoms with Crippen molar-refractivity contribution in [3.05, 3.63) is 183 Å². The molecule has 10 N–H and O–H groups in total. The van der Waals surface area contributed by atoms with Gasteiger partial charge in [0.2, 0.25) is 11.8 Å². The lowest BCUT2D eigenvalue weighted by Gasteiger charge is -2.47. The molecule has 9 fully saturated rings. The standard InChI is InChI=1S/C19H21N7O2.C18H18N8O2.C18H20N8O2.C18H19N7O3.C17H17N7O2/c20-17(27)13-12-26-14(10-23-16(26)11-22-13)18-21-6-2-15(24-18)25-7-4-19(5-8-25)3-1-9-28-19;19-17(28)12-9-26-13(6-22-15(26)7-21-12)18-20-4-3-14(23-18)24-8-11-2-1-5-25(11)16(27)10-24;1-11(27)24(2)12-4-6-25(9-12)15-3-5-20-18(23-15)14-7-22-16-8-21-13(17(19)28)10-26(14)16;19-16(26)12-11-25-13(9-22-15(25)10-21-12)17-20-4-1-14(23-17)24-5-2-18(3-6-24)27-7-8-28-18;18-15(25)11-7-24-12(5-21-14(24)6-20-11)16-19-3-1-13(22-16)23-8-17(9-23)2-4-26-10-17/h2,6,10-12H,1,3-5,7-9H2,(H2,20,27);3-4,6-7,9,11H,1-2,5,8,10H2,(H2,19,28);3,5,7-8,10,12H,4,6,9H2,1-2H3,(H2,19,28);1,4,9-11H,2-3,5-8H2,(H2,19,26);1,3,5-7H,2,4,8-10H2,(H2,18,25). The number of carbonyl (C=O) groups excluding carboxylic acids is 7. The van der Waals surface area contributed by atoms with Gasteiger partial charge in [-0.3, -0.25) is 55.6 Å². The third kappa shape index (κ3) is 18.3. The number of carbonyl (C=O) groups is 7. The minimum atomic E-state index is -0.621. The van der Waals surface area contributed by atoms with E-state index < -0.39 is 35.3 Å². The predicted octanol–water partition coefficient (Wildman–Crippen LogP) is 3.01. The van der Waals surface area contributed by atoms with Gasteiger partial charge in [0.15, 0.2) is 63.1 Å². The van der Waals surface area contributed by atoms with Crippen LogP contribution in [-0.4, -0.2) is 308 Å². The lowest BCUT2D eigenvalue weighted by molar-refractivity contribution is -0.169. The summed E-state index contributed by atoms with van der Waals surface area (Å²) in [5, 5.41) is 0. The lowest BCUT2D eigenvalue weighted by Crippen LogP contribution is -2.57. The van der Waals surface area contributed by atoms with Gasteiger partial charge < -0.3 is 81.9 Å². The second-order valence-electron chi connectivity index (χ2n) is 34.9. The van der Waals surface area contributed by atoms with E-state index in [1.165, 1.54) is 43.4 Å². The van der Waals surface area contributed by atoms with Crippen molar-refractivity contribution in [2.24, 2.45) is 34.1 Å². The Labute approximate surface area is 784 Å². The fourth-order valence-electron chi connectivity index (χ4n) is 18.8. The maximum atomic E-state index is 12.4.